The minimum atomic E-state index is -4.82. The summed E-state index contributed by atoms with van der Waals surface area (Å²) < 4.78 is 50.0. The van der Waals surface area contributed by atoms with Gasteiger partial charge in [0.25, 0.3) is 0 Å². The number of aromatic carboxylic acids is 1. The highest BCUT2D eigenvalue weighted by Crippen LogP contribution is 2.32. The Morgan fingerprint density at radius 1 is 1.38 bits per heavy atom. The number of alkyl halides is 3. The zero-order valence-electron chi connectivity index (χ0n) is 7.75. The Morgan fingerprint density at radius 2 is 1.94 bits per heavy atom. The minimum absolute atomic E-state index is 0.805. The van der Waals surface area contributed by atoms with Crippen LogP contribution in [0, 0.1) is 5.82 Å². The van der Waals surface area contributed by atoms with Crippen molar-refractivity contribution in [2.24, 2.45) is 5.73 Å². The molecule has 0 saturated heterocycles. The van der Waals surface area contributed by atoms with Crippen molar-refractivity contribution in [2.45, 2.75) is 12.2 Å². The lowest BCUT2D eigenvalue weighted by Gasteiger charge is -2.17. The van der Waals surface area contributed by atoms with Crippen LogP contribution in [-0.2, 0) is 0 Å². The van der Waals surface area contributed by atoms with Crippen LogP contribution in [0.15, 0.2) is 18.2 Å². The molecule has 0 aromatic heterocycles. The highest BCUT2D eigenvalue weighted by atomic mass is 19.4. The van der Waals surface area contributed by atoms with Gasteiger partial charge in [0.15, 0.2) is 0 Å². The summed E-state index contributed by atoms with van der Waals surface area (Å²) in [5, 5.41) is 8.51. The molecule has 0 spiro atoms. The van der Waals surface area contributed by atoms with Crippen LogP contribution in [0.2, 0.25) is 0 Å². The molecule has 0 aliphatic heterocycles. The van der Waals surface area contributed by atoms with Crippen LogP contribution in [-0.4, -0.2) is 17.3 Å². The van der Waals surface area contributed by atoms with E-state index in [4.69, 9.17) is 10.8 Å². The molecule has 3 N–H and O–H groups in total. The molecule has 1 aromatic rings. The quantitative estimate of drug-likeness (QED) is 0.774. The Morgan fingerprint density at radius 3 is 2.38 bits per heavy atom. The maximum Gasteiger partial charge on any atom is 0.407 e. The maximum absolute atomic E-state index is 13.3. The Kier molecular flexibility index (Phi) is 3.18. The van der Waals surface area contributed by atoms with Gasteiger partial charge in [-0.05, 0) is 6.07 Å². The monoisotopic (exact) mass is 237 g/mol. The lowest BCUT2D eigenvalue weighted by atomic mass is 10.0. The number of carboxylic acids is 1. The van der Waals surface area contributed by atoms with Gasteiger partial charge < -0.3 is 10.8 Å². The van der Waals surface area contributed by atoms with Crippen molar-refractivity contribution in [1.82, 2.24) is 0 Å². The molecule has 0 heterocycles. The molecular formula is C9H7F4NO2. The smallest absolute Gasteiger partial charge is 0.407 e. The van der Waals surface area contributed by atoms with Crippen LogP contribution in [0.3, 0.4) is 0 Å². The molecule has 1 atom stereocenters. The minimum Gasteiger partial charge on any atom is -0.478 e. The predicted octanol–water partition coefficient (Wildman–Crippen LogP) is 2.09. The molecule has 0 saturated carbocycles. The molecule has 88 valence electrons. The van der Waals surface area contributed by atoms with Crippen molar-refractivity contribution >= 4 is 5.97 Å². The van der Waals surface area contributed by atoms with Gasteiger partial charge in [-0.1, -0.05) is 12.1 Å². The third-order valence-corrected chi connectivity index (χ3v) is 1.95. The van der Waals surface area contributed by atoms with Crippen molar-refractivity contribution in [3.05, 3.63) is 35.1 Å². The molecule has 0 fully saturated rings. The first-order valence-electron chi connectivity index (χ1n) is 4.09. The van der Waals surface area contributed by atoms with Crippen molar-refractivity contribution in [3.8, 4) is 0 Å². The van der Waals surface area contributed by atoms with Crippen LogP contribution in [0.1, 0.15) is 22.0 Å². The summed E-state index contributed by atoms with van der Waals surface area (Å²) in [5.41, 5.74) is 3.07. The SMILES string of the molecule is N[C@@H](c1cccc(C(=O)O)c1F)C(F)(F)F. The van der Waals surface area contributed by atoms with E-state index >= 15 is 0 Å². The number of nitrogens with two attached hydrogens (primary N) is 1. The number of carbonyl (C=O) groups is 1. The number of hydrogen-bond donors (Lipinski definition) is 2. The summed E-state index contributed by atoms with van der Waals surface area (Å²) in [6, 6.07) is 0.143. The van der Waals surface area contributed by atoms with Crippen molar-refractivity contribution in [1.29, 1.82) is 0 Å². The van der Waals surface area contributed by atoms with Gasteiger partial charge >= 0.3 is 12.1 Å². The van der Waals surface area contributed by atoms with Gasteiger partial charge in [-0.3, -0.25) is 0 Å². The van der Waals surface area contributed by atoms with Gasteiger partial charge in [0.1, 0.15) is 11.9 Å². The normalized spacial score (nSPS) is 13.6. The van der Waals surface area contributed by atoms with Crippen molar-refractivity contribution < 1.29 is 27.5 Å². The number of rotatable bonds is 2. The van der Waals surface area contributed by atoms with E-state index < -0.39 is 35.1 Å². The Hall–Kier alpha value is -1.63. The Labute approximate surface area is 87.5 Å². The highest BCUT2D eigenvalue weighted by molar-refractivity contribution is 5.88. The van der Waals surface area contributed by atoms with E-state index in [1.165, 1.54) is 0 Å². The summed E-state index contributed by atoms with van der Waals surface area (Å²) in [6.07, 6.45) is -4.82. The molecule has 0 aliphatic rings. The highest BCUT2D eigenvalue weighted by Gasteiger charge is 2.39. The van der Waals surface area contributed by atoms with Crippen LogP contribution >= 0.6 is 0 Å². The molecule has 0 amide bonds. The van der Waals surface area contributed by atoms with Crippen molar-refractivity contribution in [3.63, 3.8) is 0 Å². The standard InChI is InChI=1S/C9H7F4NO2/c10-6-4(7(14)9(11,12)13)2-1-3-5(6)8(15)16/h1-3,7H,14H2,(H,15,16)/t7-/m0/s1. The van der Waals surface area contributed by atoms with Crippen LogP contribution in [0.4, 0.5) is 17.6 Å². The second-order valence-electron chi connectivity index (χ2n) is 3.03. The lowest BCUT2D eigenvalue weighted by molar-refractivity contribution is -0.149. The number of carboxylic acid groups (broad SMARTS) is 1. The molecule has 0 radical (unpaired) electrons. The molecule has 1 rings (SSSR count). The first-order valence-corrected chi connectivity index (χ1v) is 4.09. The largest absolute Gasteiger partial charge is 0.478 e. The molecule has 0 bridgehead atoms. The van der Waals surface area contributed by atoms with Gasteiger partial charge in [0.2, 0.25) is 0 Å². The van der Waals surface area contributed by atoms with E-state index in [0.29, 0.717) is 0 Å². The molecular weight excluding hydrogens is 230 g/mol. The summed E-state index contributed by atoms with van der Waals surface area (Å²) in [6.45, 7) is 0. The zero-order chi connectivity index (χ0) is 12.5. The lowest BCUT2D eigenvalue weighted by Crippen LogP contribution is -2.29. The van der Waals surface area contributed by atoms with E-state index in [9.17, 15) is 22.4 Å². The number of hydrogen-bond acceptors (Lipinski definition) is 2. The Bertz CT molecular complexity index is 416. The van der Waals surface area contributed by atoms with Crippen LogP contribution < -0.4 is 5.73 Å². The fourth-order valence-electron chi connectivity index (χ4n) is 1.13. The molecule has 0 unspecified atom stereocenters. The van der Waals surface area contributed by atoms with E-state index in [-0.39, 0.29) is 0 Å². The van der Waals surface area contributed by atoms with Gasteiger partial charge in [-0.2, -0.15) is 13.2 Å². The molecule has 7 heteroatoms. The maximum atomic E-state index is 13.3. The number of benzene rings is 1. The topological polar surface area (TPSA) is 63.3 Å². The second-order valence-corrected chi connectivity index (χ2v) is 3.03. The van der Waals surface area contributed by atoms with E-state index in [0.717, 1.165) is 18.2 Å². The fraction of sp³-hybridized carbons (Fsp3) is 0.222. The second kappa shape index (κ2) is 4.09. The van der Waals surface area contributed by atoms with Crippen molar-refractivity contribution in [2.75, 3.05) is 0 Å². The first kappa shape index (κ1) is 12.4. The average molecular weight is 237 g/mol. The van der Waals surface area contributed by atoms with Crippen LogP contribution in [0.25, 0.3) is 0 Å². The summed E-state index contributed by atoms with van der Waals surface area (Å²) in [7, 11) is 0. The van der Waals surface area contributed by atoms with Gasteiger partial charge in [0.05, 0.1) is 5.56 Å². The molecule has 0 aliphatic carbocycles. The summed E-state index contributed by atoms with van der Waals surface area (Å²) >= 11 is 0. The third-order valence-electron chi connectivity index (χ3n) is 1.95. The Balaban J connectivity index is 3.26. The summed E-state index contributed by atoms with van der Waals surface area (Å²) in [5.74, 6) is -3.10. The van der Waals surface area contributed by atoms with Gasteiger partial charge in [-0.15, -0.1) is 0 Å². The molecule has 16 heavy (non-hydrogen) atoms. The predicted molar refractivity (Wildman–Crippen MR) is 46.3 cm³/mol. The molecule has 3 nitrogen and oxygen atoms in total. The van der Waals surface area contributed by atoms with E-state index in [1.54, 1.807) is 0 Å². The van der Waals surface area contributed by atoms with Gasteiger partial charge in [0, 0.05) is 5.56 Å². The van der Waals surface area contributed by atoms with E-state index in [2.05, 4.69) is 0 Å². The molecule has 1 aromatic carbocycles. The summed E-state index contributed by atoms with van der Waals surface area (Å²) in [4.78, 5) is 10.5. The zero-order valence-corrected chi connectivity index (χ0v) is 7.75. The first-order chi connectivity index (χ1) is 7.25. The fourth-order valence-corrected chi connectivity index (χ4v) is 1.13. The number of halogens is 4. The third kappa shape index (κ3) is 2.30. The van der Waals surface area contributed by atoms with E-state index in [1.807, 2.05) is 0 Å². The van der Waals surface area contributed by atoms with Gasteiger partial charge in [-0.25, -0.2) is 9.18 Å². The average Bonchev–Trinajstić information content (AvgIpc) is 2.15. The van der Waals surface area contributed by atoms with Crippen LogP contribution in [0.5, 0.6) is 0 Å².